The molecule has 0 radical (unpaired) electrons. The molecule has 6 heteroatoms. The molecule has 1 saturated heterocycles. The highest BCUT2D eigenvalue weighted by molar-refractivity contribution is 7.13. The fourth-order valence-electron chi connectivity index (χ4n) is 4.11. The summed E-state index contributed by atoms with van der Waals surface area (Å²) in [5.74, 6) is 0.769. The van der Waals surface area contributed by atoms with E-state index in [0.717, 1.165) is 55.2 Å². The van der Waals surface area contributed by atoms with E-state index in [1.54, 1.807) is 0 Å². The van der Waals surface area contributed by atoms with Crippen molar-refractivity contribution in [1.29, 1.82) is 0 Å². The van der Waals surface area contributed by atoms with Gasteiger partial charge < -0.3 is 10.4 Å². The number of rotatable bonds is 8. The second kappa shape index (κ2) is 8.92. The summed E-state index contributed by atoms with van der Waals surface area (Å²) in [7, 11) is 2.80. The van der Waals surface area contributed by atoms with Crippen molar-refractivity contribution in [3.63, 3.8) is 0 Å². The minimum atomic E-state index is -0.0180. The molecule has 4 atom stereocenters. The Bertz CT molecular complexity index is 816. The number of nitrogens with zero attached hydrogens (tertiary/aromatic N) is 4. The van der Waals surface area contributed by atoms with Crippen LogP contribution in [0.2, 0.25) is 0 Å². The smallest absolute Gasteiger partial charge is 0.153 e. The van der Waals surface area contributed by atoms with Crippen molar-refractivity contribution in [3.8, 4) is 0 Å². The van der Waals surface area contributed by atoms with Gasteiger partial charge in [0.05, 0.1) is 17.6 Å². The van der Waals surface area contributed by atoms with Gasteiger partial charge in [0.25, 0.3) is 0 Å². The van der Waals surface area contributed by atoms with Crippen LogP contribution in [0.15, 0.2) is 30.6 Å². The van der Waals surface area contributed by atoms with Crippen LogP contribution >= 0.6 is 9.39 Å². The first-order valence-electron chi connectivity index (χ1n) is 10.6. The van der Waals surface area contributed by atoms with E-state index in [1.807, 2.05) is 10.7 Å². The molecule has 4 unspecified atom stereocenters. The van der Waals surface area contributed by atoms with Crippen LogP contribution in [0.1, 0.15) is 76.7 Å². The monoisotopic (exact) mass is 401 g/mol. The van der Waals surface area contributed by atoms with Crippen LogP contribution in [0.5, 0.6) is 0 Å². The third-order valence-electron chi connectivity index (χ3n) is 6.43. The maximum atomic E-state index is 6.41. The summed E-state index contributed by atoms with van der Waals surface area (Å²) < 4.78 is 4.10. The Kier molecular flexibility index (Phi) is 6.77. The standard InChI is InChI=1S/C22H36N5P/c1-5-16(2)8-6-9-19(23)20-15-26-21(24-20)11-10-18(25-26)14-22(4)12-7-13-27(28)17(22)3/h10-11,15-16,19H,3,5-9,12-14,23,28H2,1-2,4H3. The summed E-state index contributed by atoms with van der Waals surface area (Å²) in [5, 5.41) is 4.83. The molecule has 0 saturated carbocycles. The lowest BCUT2D eigenvalue weighted by molar-refractivity contribution is 0.240. The molecule has 154 valence electrons. The zero-order valence-electron chi connectivity index (χ0n) is 17.7. The molecular weight excluding hydrogens is 365 g/mol. The number of allylic oxidation sites excluding steroid dienone is 1. The normalized spacial score (nSPS) is 22.6. The maximum Gasteiger partial charge on any atom is 0.153 e. The van der Waals surface area contributed by atoms with Gasteiger partial charge in [0.2, 0.25) is 0 Å². The second-order valence-electron chi connectivity index (χ2n) is 8.83. The summed E-state index contributed by atoms with van der Waals surface area (Å²) in [6, 6.07) is 4.14. The van der Waals surface area contributed by atoms with Gasteiger partial charge in [-0.25, -0.2) is 9.50 Å². The Labute approximate surface area is 172 Å². The average Bonchev–Trinajstić information content (AvgIpc) is 3.09. The molecule has 2 aromatic rings. The average molecular weight is 402 g/mol. The van der Waals surface area contributed by atoms with Crippen molar-refractivity contribution >= 4 is 15.0 Å². The zero-order chi connectivity index (χ0) is 20.3. The molecule has 28 heavy (non-hydrogen) atoms. The number of nitrogens with two attached hydrogens (primary N) is 1. The Morgan fingerprint density at radius 1 is 1.36 bits per heavy atom. The van der Waals surface area contributed by atoms with E-state index in [2.05, 4.69) is 53.5 Å². The van der Waals surface area contributed by atoms with Crippen LogP contribution in [0, 0.1) is 11.3 Å². The Morgan fingerprint density at radius 3 is 2.89 bits per heavy atom. The fourth-order valence-corrected chi connectivity index (χ4v) is 4.60. The van der Waals surface area contributed by atoms with Gasteiger partial charge in [0, 0.05) is 30.1 Å². The van der Waals surface area contributed by atoms with Gasteiger partial charge in [0.1, 0.15) is 0 Å². The van der Waals surface area contributed by atoms with Crippen molar-refractivity contribution in [3.05, 3.63) is 42.0 Å². The largest absolute Gasteiger partial charge is 0.359 e. The molecule has 0 spiro atoms. The molecule has 1 aliphatic rings. The number of fused-ring (bicyclic) bond motifs is 1. The predicted octanol–water partition coefficient (Wildman–Crippen LogP) is 4.89. The summed E-state index contributed by atoms with van der Waals surface area (Å²) in [4.78, 5) is 4.71. The highest BCUT2D eigenvalue weighted by Gasteiger charge is 2.34. The van der Waals surface area contributed by atoms with Gasteiger partial charge >= 0.3 is 0 Å². The first kappa shape index (κ1) is 21.3. The zero-order valence-corrected chi connectivity index (χ0v) is 18.8. The third-order valence-corrected chi connectivity index (χ3v) is 6.99. The summed E-state index contributed by atoms with van der Waals surface area (Å²) in [5.41, 5.74) is 10.5. The molecular formula is C22H36N5P. The van der Waals surface area contributed by atoms with E-state index in [9.17, 15) is 0 Å². The quantitative estimate of drug-likeness (QED) is 0.640. The Hall–Kier alpha value is -1.45. The van der Waals surface area contributed by atoms with Crippen molar-refractivity contribution in [1.82, 2.24) is 19.3 Å². The Morgan fingerprint density at radius 2 is 2.14 bits per heavy atom. The maximum absolute atomic E-state index is 6.41. The van der Waals surface area contributed by atoms with Gasteiger partial charge in [-0.1, -0.05) is 46.6 Å². The number of aromatic nitrogens is 3. The highest BCUT2D eigenvalue weighted by Crippen LogP contribution is 2.41. The van der Waals surface area contributed by atoms with Crippen LogP contribution in [-0.4, -0.2) is 25.8 Å². The molecule has 3 heterocycles. The van der Waals surface area contributed by atoms with Crippen LogP contribution in [0.25, 0.3) is 5.65 Å². The van der Waals surface area contributed by atoms with Gasteiger partial charge in [-0.15, -0.1) is 0 Å². The summed E-state index contributed by atoms with van der Waals surface area (Å²) in [6.45, 7) is 12.2. The minimum absolute atomic E-state index is 0.0180. The van der Waals surface area contributed by atoms with Crippen molar-refractivity contribution < 1.29 is 0 Å². The molecule has 0 amide bonds. The molecule has 0 aromatic carbocycles. The topological polar surface area (TPSA) is 59.5 Å². The lowest BCUT2D eigenvalue weighted by Gasteiger charge is -2.41. The molecule has 2 N–H and O–H groups in total. The molecule has 3 rings (SSSR count). The van der Waals surface area contributed by atoms with Gasteiger partial charge in [0.15, 0.2) is 5.65 Å². The molecule has 5 nitrogen and oxygen atoms in total. The second-order valence-corrected chi connectivity index (χ2v) is 9.45. The lowest BCUT2D eigenvalue weighted by atomic mass is 9.76. The van der Waals surface area contributed by atoms with Crippen LogP contribution in [0.3, 0.4) is 0 Å². The molecule has 2 aromatic heterocycles. The molecule has 0 aliphatic carbocycles. The summed E-state index contributed by atoms with van der Waals surface area (Å²) in [6.07, 6.45) is 9.81. The lowest BCUT2D eigenvalue weighted by Crippen LogP contribution is -2.35. The van der Waals surface area contributed by atoms with Gasteiger partial charge in [-0.2, -0.15) is 5.10 Å². The number of piperidine rings is 1. The predicted molar refractivity (Wildman–Crippen MR) is 120 cm³/mol. The summed E-state index contributed by atoms with van der Waals surface area (Å²) >= 11 is 0. The fraction of sp³-hybridized carbons (Fsp3) is 0.636. The van der Waals surface area contributed by atoms with E-state index >= 15 is 0 Å². The first-order valence-corrected chi connectivity index (χ1v) is 11.2. The first-order chi connectivity index (χ1) is 13.3. The van der Waals surface area contributed by atoms with Gasteiger partial charge in [-0.05, 0) is 46.7 Å². The highest BCUT2D eigenvalue weighted by atomic mass is 31.0. The van der Waals surface area contributed by atoms with E-state index < -0.39 is 0 Å². The van der Waals surface area contributed by atoms with E-state index in [0.29, 0.717) is 0 Å². The minimum Gasteiger partial charge on any atom is -0.359 e. The van der Waals surface area contributed by atoms with Crippen molar-refractivity contribution in [2.75, 3.05) is 6.54 Å². The van der Waals surface area contributed by atoms with E-state index in [-0.39, 0.29) is 11.5 Å². The Balaban J connectivity index is 1.69. The van der Waals surface area contributed by atoms with Crippen LogP contribution in [-0.2, 0) is 6.42 Å². The molecule has 1 fully saturated rings. The van der Waals surface area contributed by atoms with Crippen LogP contribution < -0.4 is 5.73 Å². The van der Waals surface area contributed by atoms with Crippen LogP contribution in [0.4, 0.5) is 0 Å². The van der Waals surface area contributed by atoms with Gasteiger partial charge in [-0.3, -0.25) is 0 Å². The number of imidazole rings is 1. The van der Waals surface area contributed by atoms with Crippen molar-refractivity contribution in [2.45, 2.75) is 71.8 Å². The van der Waals surface area contributed by atoms with E-state index in [1.165, 1.54) is 25.0 Å². The van der Waals surface area contributed by atoms with Crippen molar-refractivity contribution in [2.24, 2.45) is 17.1 Å². The molecule has 0 bridgehead atoms. The number of hydrogen-bond donors (Lipinski definition) is 1. The number of hydrogen-bond acceptors (Lipinski definition) is 4. The molecule has 1 aliphatic heterocycles. The third kappa shape index (κ3) is 4.75. The SMILES string of the molecule is C=C1N(P)CCCC1(C)Cc1ccc2nc(C(N)CCCC(C)CC)cn2n1. The van der Waals surface area contributed by atoms with E-state index in [4.69, 9.17) is 15.8 Å².